The lowest BCUT2D eigenvalue weighted by molar-refractivity contribution is -0.416. The van der Waals surface area contributed by atoms with E-state index in [0.717, 1.165) is 0 Å². The van der Waals surface area contributed by atoms with Crippen LogP contribution in [0.1, 0.15) is 6.92 Å². The van der Waals surface area contributed by atoms with Crippen molar-refractivity contribution < 1.29 is 4.92 Å². The fraction of sp³-hybridized carbons (Fsp3) is 0.400. The number of hydrogen-bond acceptors (Lipinski definition) is 5. The van der Waals surface area contributed by atoms with Crippen LogP contribution in [0.15, 0.2) is 15.8 Å². The average Bonchev–Trinajstić information content (AvgIpc) is 1.78. The summed E-state index contributed by atoms with van der Waals surface area (Å²) in [5.74, 6) is -1.20. The smallest absolute Gasteiger partial charge is 0.334 e. The fourth-order valence-corrected chi connectivity index (χ4v) is 1.55. The molecular weight excluding hydrogens is 219 g/mol. The van der Waals surface area contributed by atoms with E-state index in [2.05, 4.69) is 10.3 Å². The Morgan fingerprint density at radius 2 is 2.23 bits per heavy atom. The molecule has 3 N–H and O–H groups in total. The maximum Gasteiger partial charge on any atom is 0.340 e. The summed E-state index contributed by atoms with van der Waals surface area (Å²) in [7, 11) is 0. The molecule has 0 bridgehead atoms. The molecule has 13 heavy (non-hydrogen) atoms. The highest BCUT2D eigenvalue weighted by atomic mass is 35.5. The molecule has 0 aromatic rings. The lowest BCUT2D eigenvalue weighted by Gasteiger charge is -2.25. The second-order valence-corrected chi connectivity index (χ2v) is 3.33. The zero-order valence-electron chi connectivity index (χ0n) is 6.54. The number of nitrogens with one attached hydrogen (secondary N) is 1. The van der Waals surface area contributed by atoms with Gasteiger partial charge in [0.05, 0.1) is 4.92 Å². The molecule has 1 aliphatic heterocycles. The number of hydrogen-bond donors (Lipinski definition) is 2. The number of allylic oxidation sites excluding steroid dienone is 1. The van der Waals surface area contributed by atoms with E-state index in [1.807, 2.05) is 0 Å². The normalized spacial score (nSPS) is 28.2. The van der Waals surface area contributed by atoms with Crippen LogP contribution in [-0.4, -0.2) is 15.9 Å². The Kier molecular flexibility index (Phi) is 2.47. The van der Waals surface area contributed by atoms with Gasteiger partial charge in [0.1, 0.15) is 0 Å². The molecule has 1 heterocycles. The van der Waals surface area contributed by atoms with Crippen LogP contribution >= 0.6 is 23.2 Å². The van der Waals surface area contributed by atoms with Crippen molar-refractivity contribution >= 4 is 28.4 Å². The van der Waals surface area contributed by atoms with E-state index in [4.69, 9.17) is 28.9 Å². The van der Waals surface area contributed by atoms with E-state index >= 15 is 0 Å². The molecule has 0 amide bonds. The van der Waals surface area contributed by atoms with Crippen molar-refractivity contribution in [1.29, 1.82) is 0 Å². The Bertz CT molecular complexity index is 322. The van der Waals surface area contributed by atoms with E-state index < -0.39 is 16.4 Å². The van der Waals surface area contributed by atoms with E-state index in [-0.39, 0.29) is 10.3 Å². The second-order valence-electron chi connectivity index (χ2n) is 2.59. The van der Waals surface area contributed by atoms with Gasteiger partial charge in [0.25, 0.3) is 0 Å². The molecule has 8 heteroatoms. The van der Waals surface area contributed by atoms with Crippen molar-refractivity contribution in [2.45, 2.75) is 12.7 Å². The van der Waals surface area contributed by atoms with Crippen molar-refractivity contribution in [2.75, 3.05) is 0 Å². The summed E-state index contributed by atoms with van der Waals surface area (Å²) in [6, 6.07) is 0. The van der Waals surface area contributed by atoms with Gasteiger partial charge in [0.15, 0.2) is 10.9 Å². The first-order chi connectivity index (χ1) is 5.83. The van der Waals surface area contributed by atoms with E-state index in [1.165, 1.54) is 6.92 Å². The summed E-state index contributed by atoms with van der Waals surface area (Å²) in [6.07, 6.45) is 0. The molecule has 0 aromatic heterocycles. The van der Waals surface area contributed by atoms with Crippen LogP contribution in [0, 0.1) is 10.1 Å². The van der Waals surface area contributed by atoms with E-state index in [0.29, 0.717) is 0 Å². The number of nitrogens with zero attached hydrogens (tertiary/aromatic N) is 2. The topological polar surface area (TPSA) is 93.5 Å². The first-order valence-electron chi connectivity index (χ1n) is 3.20. The van der Waals surface area contributed by atoms with Crippen LogP contribution < -0.4 is 11.1 Å². The highest BCUT2D eigenvalue weighted by Gasteiger charge is 2.33. The van der Waals surface area contributed by atoms with Gasteiger partial charge < -0.3 is 5.32 Å². The Morgan fingerprint density at radius 1 is 1.69 bits per heavy atom. The standard InChI is InChI=1S/C5H6Cl2N4O2/c1-5(8)9-3(6)2(11(12)13)4(7)10-5/h9H,8H2,1H3. The van der Waals surface area contributed by atoms with Gasteiger partial charge in [0.2, 0.25) is 5.17 Å². The first kappa shape index (κ1) is 10.2. The van der Waals surface area contributed by atoms with Crippen molar-refractivity contribution in [2.24, 2.45) is 10.7 Å². The molecule has 0 fully saturated rings. The Hall–Kier alpha value is -0.850. The zero-order valence-corrected chi connectivity index (χ0v) is 8.06. The molecule has 0 saturated heterocycles. The molecule has 1 unspecified atom stereocenters. The molecule has 1 rings (SSSR count). The summed E-state index contributed by atoms with van der Waals surface area (Å²) in [6.45, 7) is 1.48. The van der Waals surface area contributed by atoms with Crippen molar-refractivity contribution in [3.63, 3.8) is 0 Å². The van der Waals surface area contributed by atoms with Crippen LogP contribution in [0.3, 0.4) is 0 Å². The van der Waals surface area contributed by atoms with Gasteiger partial charge in [0, 0.05) is 0 Å². The third-order valence-electron chi connectivity index (χ3n) is 1.28. The van der Waals surface area contributed by atoms with Crippen LogP contribution in [0.25, 0.3) is 0 Å². The number of nitro groups is 1. The summed E-state index contributed by atoms with van der Waals surface area (Å²) >= 11 is 11.0. The third kappa shape index (κ3) is 2.09. The second kappa shape index (κ2) is 3.13. The lowest BCUT2D eigenvalue weighted by Crippen LogP contribution is -2.51. The Morgan fingerprint density at radius 3 is 2.62 bits per heavy atom. The highest BCUT2D eigenvalue weighted by Crippen LogP contribution is 2.20. The summed E-state index contributed by atoms with van der Waals surface area (Å²) in [5, 5.41) is 12.3. The fourth-order valence-electron chi connectivity index (χ4n) is 0.812. The Labute approximate surface area is 83.5 Å². The van der Waals surface area contributed by atoms with Crippen molar-refractivity contribution in [3.8, 4) is 0 Å². The monoisotopic (exact) mass is 224 g/mol. The zero-order chi connectivity index (χ0) is 10.2. The molecule has 0 spiro atoms. The Balaban J connectivity index is 3.13. The van der Waals surface area contributed by atoms with Crippen LogP contribution in [-0.2, 0) is 0 Å². The molecular formula is C5H6Cl2N4O2. The average molecular weight is 225 g/mol. The summed E-state index contributed by atoms with van der Waals surface area (Å²) in [4.78, 5) is 13.3. The molecule has 0 aromatic carbocycles. The van der Waals surface area contributed by atoms with E-state index in [9.17, 15) is 10.1 Å². The van der Waals surface area contributed by atoms with Gasteiger partial charge >= 0.3 is 5.70 Å². The van der Waals surface area contributed by atoms with Gasteiger partial charge in [-0.3, -0.25) is 15.8 Å². The largest absolute Gasteiger partial charge is 0.340 e. The SMILES string of the molecule is CC1(N)N=C(Cl)C([N+](=O)[O-])=C(Cl)N1. The lowest BCUT2D eigenvalue weighted by atomic mass is 10.3. The first-order valence-corrected chi connectivity index (χ1v) is 3.96. The quantitative estimate of drug-likeness (QED) is 0.387. The van der Waals surface area contributed by atoms with Gasteiger partial charge in [-0.1, -0.05) is 23.2 Å². The highest BCUT2D eigenvalue weighted by molar-refractivity contribution is 6.70. The summed E-state index contributed by atoms with van der Waals surface area (Å²) in [5.41, 5.74) is 5.03. The van der Waals surface area contributed by atoms with Crippen molar-refractivity contribution in [1.82, 2.24) is 5.32 Å². The predicted molar refractivity (Wildman–Crippen MR) is 48.9 cm³/mol. The predicted octanol–water partition coefficient (Wildman–Crippen LogP) is 0.544. The molecule has 0 radical (unpaired) electrons. The number of nitrogens with two attached hydrogens (primary N) is 1. The van der Waals surface area contributed by atoms with Gasteiger partial charge in [-0.2, -0.15) is 0 Å². The maximum atomic E-state index is 10.4. The minimum Gasteiger partial charge on any atom is -0.334 e. The minimum absolute atomic E-state index is 0.213. The van der Waals surface area contributed by atoms with Gasteiger partial charge in [-0.05, 0) is 6.92 Å². The van der Waals surface area contributed by atoms with E-state index in [1.54, 1.807) is 0 Å². The van der Waals surface area contributed by atoms with Crippen LogP contribution in [0.2, 0.25) is 0 Å². The number of rotatable bonds is 1. The van der Waals surface area contributed by atoms with Crippen molar-refractivity contribution in [3.05, 3.63) is 21.0 Å². The third-order valence-corrected chi connectivity index (χ3v) is 1.82. The molecule has 0 saturated carbocycles. The molecule has 72 valence electrons. The molecule has 1 atom stereocenters. The molecule has 6 nitrogen and oxygen atoms in total. The van der Waals surface area contributed by atoms with Crippen LogP contribution in [0.4, 0.5) is 0 Å². The summed E-state index contributed by atoms with van der Waals surface area (Å²) < 4.78 is 0. The number of aliphatic imine (C=N–C) groups is 1. The maximum absolute atomic E-state index is 10.4. The van der Waals surface area contributed by atoms with Gasteiger partial charge in [-0.25, -0.2) is 4.99 Å². The molecule has 1 aliphatic rings. The number of halogens is 2. The van der Waals surface area contributed by atoms with Gasteiger partial charge in [-0.15, -0.1) is 0 Å². The molecule has 0 aliphatic carbocycles. The van der Waals surface area contributed by atoms with Crippen LogP contribution in [0.5, 0.6) is 0 Å². The minimum atomic E-state index is -1.20.